The van der Waals surface area contributed by atoms with Gasteiger partial charge in [-0.15, -0.1) is 11.3 Å². The zero-order chi connectivity index (χ0) is 21.9. The quantitative estimate of drug-likeness (QED) is 0.411. The Morgan fingerprint density at radius 2 is 1.94 bits per heavy atom. The first-order chi connectivity index (χ1) is 15.7. The molecule has 0 saturated carbocycles. The van der Waals surface area contributed by atoms with Crippen molar-refractivity contribution in [2.24, 2.45) is 5.10 Å². The van der Waals surface area contributed by atoms with Crippen LogP contribution in [0.1, 0.15) is 34.5 Å². The topological polar surface area (TPSA) is 124 Å². The first-order valence-electron chi connectivity index (χ1n) is 9.56. The van der Waals surface area contributed by atoms with E-state index in [0.29, 0.717) is 34.5 Å². The Kier molecular flexibility index (Phi) is 5.30. The molecule has 5 heterocycles. The van der Waals surface area contributed by atoms with Gasteiger partial charge in [0.1, 0.15) is 23.3 Å². The summed E-state index contributed by atoms with van der Waals surface area (Å²) in [5, 5.41) is 7.66. The van der Waals surface area contributed by atoms with Crippen LogP contribution < -0.4 is 0 Å². The van der Waals surface area contributed by atoms with Crippen molar-refractivity contribution in [2.75, 3.05) is 6.61 Å². The number of amides is 1. The van der Waals surface area contributed by atoms with Gasteiger partial charge < -0.3 is 13.6 Å². The fourth-order valence-corrected chi connectivity index (χ4v) is 3.92. The van der Waals surface area contributed by atoms with Crippen LogP contribution in [0.3, 0.4) is 0 Å². The number of ether oxygens (including phenoxy) is 1. The van der Waals surface area contributed by atoms with Crippen LogP contribution in [0.2, 0.25) is 0 Å². The number of aromatic nitrogens is 3. The summed E-state index contributed by atoms with van der Waals surface area (Å²) in [7, 11) is 0. The molecule has 1 aliphatic rings. The summed E-state index contributed by atoms with van der Waals surface area (Å²) in [5.74, 6) is 0.323. The molecule has 4 aromatic heterocycles. The molecule has 5 rings (SSSR count). The lowest BCUT2D eigenvalue weighted by molar-refractivity contribution is -0.136. The van der Waals surface area contributed by atoms with Crippen LogP contribution >= 0.6 is 11.3 Å². The minimum absolute atomic E-state index is 0.0778. The van der Waals surface area contributed by atoms with E-state index in [9.17, 15) is 9.59 Å². The summed E-state index contributed by atoms with van der Waals surface area (Å²) in [4.78, 5) is 37.7. The van der Waals surface area contributed by atoms with Crippen LogP contribution in [0.5, 0.6) is 0 Å². The molecule has 0 spiro atoms. The number of thiazole rings is 1. The van der Waals surface area contributed by atoms with Gasteiger partial charge >= 0.3 is 5.97 Å². The third-order valence-corrected chi connectivity index (χ3v) is 5.48. The molecule has 11 heteroatoms. The number of hydrogen-bond donors (Lipinski definition) is 0. The van der Waals surface area contributed by atoms with E-state index >= 15 is 0 Å². The smallest absolute Gasteiger partial charge is 0.358 e. The minimum Gasteiger partial charge on any atom is -0.467 e. The summed E-state index contributed by atoms with van der Waals surface area (Å²) in [6.07, 6.45) is 6.65. The number of carbonyl (C=O) groups is 2. The molecule has 0 aromatic carbocycles. The maximum atomic E-state index is 12.9. The van der Waals surface area contributed by atoms with Gasteiger partial charge in [-0.1, -0.05) is 0 Å². The lowest BCUT2D eigenvalue weighted by Crippen LogP contribution is -2.31. The van der Waals surface area contributed by atoms with Gasteiger partial charge in [0.05, 0.1) is 12.5 Å². The Morgan fingerprint density at radius 3 is 2.69 bits per heavy atom. The number of hydrazone groups is 1. The first-order valence-corrected chi connectivity index (χ1v) is 10.4. The normalized spacial score (nSPS) is 15.6. The van der Waals surface area contributed by atoms with E-state index in [2.05, 4.69) is 20.1 Å². The molecule has 1 unspecified atom stereocenters. The molecule has 10 nitrogen and oxygen atoms in total. The highest BCUT2D eigenvalue weighted by Crippen LogP contribution is 2.33. The summed E-state index contributed by atoms with van der Waals surface area (Å²) in [5.41, 5.74) is 0.678. The molecule has 0 radical (unpaired) electrons. The molecule has 0 aliphatic carbocycles. The number of carbonyl (C=O) groups excluding carboxylic acids is 2. The second kappa shape index (κ2) is 8.55. The third kappa shape index (κ3) is 3.93. The lowest BCUT2D eigenvalue weighted by atomic mass is 10.1. The minimum atomic E-state index is -0.722. The summed E-state index contributed by atoms with van der Waals surface area (Å²) in [6, 6.07) is 8.24. The summed E-state index contributed by atoms with van der Waals surface area (Å²) >= 11 is 1.21. The van der Waals surface area contributed by atoms with Gasteiger partial charge in [-0.25, -0.2) is 24.8 Å². The van der Waals surface area contributed by atoms with Crippen molar-refractivity contribution in [2.45, 2.75) is 12.5 Å². The van der Waals surface area contributed by atoms with E-state index in [1.54, 1.807) is 42.7 Å². The number of rotatable bonds is 6. The Labute approximate surface area is 185 Å². The van der Waals surface area contributed by atoms with E-state index < -0.39 is 24.5 Å². The summed E-state index contributed by atoms with van der Waals surface area (Å²) in [6.45, 7) is -0.500. The number of esters is 1. The van der Waals surface area contributed by atoms with Gasteiger partial charge in [0.15, 0.2) is 23.1 Å². The van der Waals surface area contributed by atoms with E-state index in [1.165, 1.54) is 34.3 Å². The van der Waals surface area contributed by atoms with Gasteiger partial charge in [-0.2, -0.15) is 5.10 Å². The van der Waals surface area contributed by atoms with Gasteiger partial charge in [0.25, 0.3) is 5.91 Å². The molecular formula is C21H15N5O5S. The SMILES string of the molecule is O=C(OCC(=O)N1N=C(c2ccco2)CC1c1ccco1)c1csc(-c2ncccn2)n1. The third-order valence-electron chi connectivity index (χ3n) is 4.64. The highest BCUT2D eigenvalue weighted by molar-refractivity contribution is 7.13. The maximum absolute atomic E-state index is 12.9. The zero-order valence-corrected chi connectivity index (χ0v) is 17.3. The zero-order valence-electron chi connectivity index (χ0n) is 16.5. The van der Waals surface area contributed by atoms with Crippen LogP contribution in [0.25, 0.3) is 10.8 Å². The van der Waals surface area contributed by atoms with Crippen molar-refractivity contribution in [3.63, 3.8) is 0 Å². The van der Waals surface area contributed by atoms with Crippen molar-refractivity contribution in [1.29, 1.82) is 0 Å². The molecule has 4 aromatic rings. The summed E-state index contributed by atoms with van der Waals surface area (Å²) < 4.78 is 16.1. The maximum Gasteiger partial charge on any atom is 0.358 e. The standard InChI is InChI=1S/C21H15N5O5S/c27-18(11-31-21(28)14-12-32-20(24-14)19-22-6-3-7-23-19)26-15(17-5-2-9-30-17)10-13(25-26)16-4-1-8-29-16/h1-9,12,15H,10-11H2. The second-order valence-corrected chi connectivity index (χ2v) is 7.54. The highest BCUT2D eigenvalue weighted by Gasteiger charge is 2.36. The Hall–Kier alpha value is -4.12. The molecule has 0 fully saturated rings. The van der Waals surface area contributed by atoms with Crippen LogP contribution in [0.15, 0.2) is 74.6 Å². The van der Waals surface area contributed by atoms with Crippen molar-refractivity contribution < 1.29 is 23.2 Å². The van der Waals surface area contributed by atoms with Gasteiger partial charge in [0, 0.05) is 24.2 Å². The molecule has 0 saturated heterocycles. The number of furan rings is 2. The van der Waals surface area contributed by atoms with E-state index in [1.807, 2.05) is 0 Å². The lowest BCUT2D eigenvalue weighted by Gasteiger charge is -2.19. The van der Waals surface area contributed by atoms with Gasteiger partial charge in [0.2, 0.25) is 0 Å². The average Bonchev–Trinajstić information content (AvgIpc) is 3.63. The van der Waals surface area contributed by atoms with Gasteiger partial charge in [-0.3, -0.25) is 4.79 Å². The van der Waals surface area contributed by atoms with Crippen LogP contribution in [-0.4, -0.2) is 44.2 Å². The van der Waals surface area contributed by atoms with Crippen LogP contribution in [0, 0.1) is 0 Å². The van der Waals surface area contributed by atoms with E-state index in [0.717, 1.165) is 0 Å². The highest BCUT2D eigenvalue weighted by atomic mass is 32.1. The van der Waals surface area contributed by atoms with Crippen LogP contribution in [-0.2, 0) is 9.53 Å². The molecule has 0 N–H and O–H groups in total. The molecule has 1 amide bonds. The van der Waals surface area contributed by atoms with Gasteiger partial charge in [-0.05, 0) is 30.3 Å². The molecule has 0 bridgehead atoms. The molecule has 32 heavy (non-hydrogen) atoms. The van der Waals surface area contributed by atoms with Crippen molar-refractivity contribution >= 4 is 28.9 Å². The molecular weight excluding hydrogens is 434 g/mol. The average molecular weight is 449 g/mol. The first kappa shape index (κ1) is 19.8. The van der Waals surface area contributed by atoms with Crippen molar-refractivity contribution in [3.05, 3.63) is 77.8 Å². The molecule has 1 aliphatic heterocycles. The molecule has 160 valence electrons. The van der Waals surface area contributed by atoms with Crippen LogP contribution in [0.4, 0.5) is 0 Å². The fourth-order valence-electron chi connectivity index (χ4n) is 3.18. The second-order valence-electron chi connectivity index (χ2n) is 6.68. The van der Waals surface area contributed by atoms with Crippen molar-refractivity contribution in [1.82, 2.24) is 20.0 Å². The van der Waals surface area contributed by atoms with E-state index in [4.69, 9.17) is 13.6 Å². The Morgan fingerprint density at radius 1 is 1.12 bits per heavy atom. The number of nitrogens with zero attached hydrogens (tertiary/aromatic N) is 5. The monoisotopic (exact) mass is 449 g/mol. The largest absolute Gasteiger partial charge is 0.467 e. The van der Waals surface area contributed by atoms with E-state index in [-0.39, 0.29) is 5.69 Å². The predicted octanol–water partition coefficient (Wildman–Crippen LogP) is 3.32. The van der Waals surface area contributed by atoms with Crippen molar-refractivity contribution in [3.8, 4) is 10.8 Å². The predicted molar refractivity (Wildman–Crippen MR) is 112 cm³/mol. The number of hydrogen-bond acceptors (Lipinski definition) is 10. The Balaban J connectivity index is 1.28. The fraction of sp³-hybridized carbons (Fsp3) is 0.143. The Bertz CT molecular complexity index is 1250. The molecule has 1 atom stereocenters.